The molecule has 0 N–H and O–H groups in total. The number of hydrogen-bond donors (Lipinski definition) is 0. The lowest BCUT2D eigenvalue weighted by molar-refractivity contribution is -0.384. The van der Waals surface area contributed by atoms with Crippen LogP contribution in [-0.2, 0) is 9.59 Å². The van der Waals surface area contributed by atoms with Crippen LogP contribution in [0.4, 0.5) is 5.69 Å². The lowest BCUT2D eigenvalue weighted by Gasteiger charge is -2.19. The summed E-state index contributed by atoms with van der Waals surface area (Å²) in [5.74, 6) is -4.45. The third-order valence-corrected chi connectivity index (χ3v) is 4.83. The fourth-order valence-corrected chi connectivity index (χ4v) is 3.04. The molecule has 0 spiro atoms. The van der Waals surface area contributed by atoms with Gasteiger partial charge in [-0.15, -0.1) is 0 Å². The van der Waals surface area contributed by atoms with Gasteiger partial charge < -0.3 is 0 Å². The Labute approximate surface area is 171 Å². The molecule has 2 aromatic rings. The first kappa shape index (κ1) is 22.1. The van der Waals surface area contributed by atoms with E-state index in [1.807, 2.05) is 0 Å². The van der Waals surface area contributed by atoms with Gasteiger partial charge in [0.2, 0.25) is 0 Å². The van der Waals surface area contributed by atoms with Crippen molar-refractivity contribution in [2.24, 2.45) is 11.8 Å². The van der Waals surface area contributed by atoms with E-state index < -0.39 is 39.9 Å². The Balaban J connectivity index is 2.30. The molecule has 8 heteroatoms. The van der Waals surface area contributed by atoms with E-state index in [1.165, 1.54) is 50.2 Å². The first-order chi connectivity index (χ1) is 13.6. The van der Waals surface area contributed by atoms with Gasteiger partial charge in [0, 0.05) is 28.3 Å². The number of nitro groups is 1. The van der Waals surface area contributed by atoms with Gasteiger partial charge >= 0.3 is 0 Å². The summed E-state index contributed by atoms with van der Waals surface area (Å²) in [6.07, 6.45) is -0.276. The number of carbonyl (C=O) groups excluding carboxylic acids is 4. The molecule has 0 aliphatic heterocycles. The first-order valence-electron chi connectivity index (χ1n) is 8.71. The molecule has 0 heterocycles. The molecule has 0 amide bonds. The summed E-state index contributed by atoms with van der Waals surface area (Å²) in [5, 5.41) is 11.2. The van der Waals surface area contributed by atoms with E-state index in [0.29, 0.717) is 5.02 Å². The molecule has 2 rings (SSSR count). The molecule has 0 saturated heterocycles. The molecule has 2 aromatic carbocycles. The second-order valence-corrected chi connectivity index (χ2v) is 7.04. The van der Waals surface area contributed by atoms with Gasteiger partial charge in [-0.05, 0) is 56.7 Å². The van der Waals surface area contributed by atoms with Crippen molar-refractivity contribution in [1.29, 1.82) is 0 Å². The number of nitrogens with zero attached hydrogens (tertiary/aromatic N) is 1. The molecule has 7 nitrogen and oxygen atoms in total. The van der Waals surface area contributed by atoms with Crippen molar-refractivity contribution in [3.63, 3.8) is 0 Å². The van der Waals surface area contributed by atoms with Crippen LogP contribution in [0.15, 0.2) is 48.5 Å². The van der Waals surface area contributed by atoms with E-state index in [0.717, 1.165) is 12.1 Å². The maximum Gasteiger partial charge on any atom is 0.269 e. The highest BCUT2D eigenvalue weighted by Gasteiger charge is 2.34. The van der Waals surface area contributed by atoms with Crippen LogP contribution >= 0.6 is 11.6 Å². The largest absolute Gasteiger partial charge is 0.299 e. The van der Waals surface area contributed by atoms with Gasteiger partial charge in [0.1, 0.15) is 11.6 Å². The Kier molecular flexibility index (Phi) is 7.12. The van der Waals surface area contributed by atoms with Crippen LogP contribution in [0, 0.1) is 22.0 Å². The molecule has 2 atom stereocenters. The number of hydrogen-bond acceptors (Lipinski definition) is 6. The molecule has 150 valence electrons. The fourth-order valence-electron chi connectivity index (χ4n) is 2.91. The Hall–Kier alpha value is -3.19. The van der Waals surface area contributed by atoms with Crippen molar-refractivity contribution in [3.8, 4) is 0 Å². The maximum absolute atomic E-state index is 12.8. The van der Waals surface area contributed by atoms with Gasteiger partial charge in [-0.1, -0.05) is 11.6 Å². The molecule has 0 saturated carbocycles. The minimum Gasteiger partial charge on any atom is -0.299 e. The van der Waals surface area contributed by atoms with Crippen LogP contribution in [-0.4, -0.2) is 28.1 Å². The lowest BCUT2D eigenvalue weighted by atomic mass is 9.81. The molecule has 29 heavy (non-hydrogen) atoms. The second kappa shape index (κ2) is 9.34. The zero-order valence-electron chi connectivity index (χ0n) is 15.8. The number of Topliss-reactive ketones (excluding diaryl/α,β-unsaturated/α-hetero) is 4. The van der Waals surface area contributed by atoms with Crippen LogP contribution in [0.25, 0.3) is 0 Å². The number of carbonyl (C=O) groups is 4. The van der Waals surface area contributed by atoms with Gasteiger partial charge in [-0.3, -0.25) is 29.3 Å². The van der Waals surface area contributed by atoms with Crippen LogP contribution in [0.2, 0.25) is 5.02 Å². The minimum atomic E-state index is -1.22. The standard InChI is InChI=1S/C21H18ClNO6/c1-12(24)18(20(26)14-3-7-16(22)8-4-14)11-19(13(2)25)21(27)15-5-9-17(10-6-15)23(28)29/h3-10,18-19H,11H2,1-2H3. The van der Waals surface area contributed by atoms with Crippen molar-refractivity contribution in [3.05, 3.63) is 74.8 Å². The number of non-ortho nitro benzene ring substituents is 1. The van der Waals surface area contributed by atoms with Crippen molar-refractivity contribution in [2.45, 2.75) is 20.3 Å². The van der Waals surface area contributed by atoms with Crippen molar-refractivity contribution >= 4 is 40.4 Å². The fraction of sp³-hybridized carbons (Fsp3) is 0.238. The van der Waals surface area contributed by atoms with Crippen molar-refractivity contribution < 1.29 is 24.1 Å². The van der Waals surface area contributed by atoms with E-state index in [-0.39, 0.29) is 23.2 Å². The monoisotopic (exact) mass is 415 g/mol. The highest BCUT2D eigenvalue weighted by molar-refractivity contribution is 6.30. The Bertz CT molecular complexity index is 966. The highest BCUT2D eigenvalue weighted by atomic mass is 35.5. The van der Waals surface area contributed by atoms with E-state index in [2.05, 4.69) is 0 Å². The van der Waals surface area contributed by atoms with Gasteiger partial charge in [-0.2, -0.15) is 0 Å². The maximum atomic E-state index is 12.8. The molecule has 2 unspecified atom stereocenters. The van der Waals surface area contributed by atoms with Gasteiger partial charge in [0.25, 0.3) is 5.69 Å². The molecule has 0 aliphatic rings. The molecule has 0 radical (unpaired) electrons. The van der Waals surface area contributed by atoms with Crippen LogP contribution in [0.1, 0.15) is 41.0 Å². The van der Waals surface area contributed by atoms with Gasteiger partial charge in [0.05, 0.1) is 16.8 Å². The number of halogens is 1. The van der Waals surface area contributed by atoms with Gasteiger partial charge in [-0.25, -0.2) is 0 Å². The highest BCUT2D eigenvalue weighted by Crippen LogP contribution is 2.24. The molecule has 0 aromatic heterocycles. The smallest absolute Gasteiger partial charge is 0.269 e. The third kappa shape index (κ3) is 5.42. The minimum absolute atomic E-state index is 0.0945. The predicted octanol–water partition coefficient (Wildman–Crippen LogP) is 4.11. The van der Waals surface area contributed by atoms with Crippen LogP contribution in [0.5, 0.6) is 0 Å². The number of rotatable bonds is 9. The van der Waals surface area contributed by atoms with E-state index in [4.69, 9.17) is 11.6 Å². The average Bonchev–Trinajstić information content (AvgIpc) is 2.67. The quantitative estimate of drug-likeness (QED) is 0.263. The van der Waals surface area contributed by atoms with Crippen LogP contribution in [0.3, 0.4) is 0 Å². The zero-order chi connectivity index (χ0) is 21.7. The third-order valence-electron chi connectivity index (χ3n) is 4.58. The lowest BCUT2D eigenvalue weighted by Crippen LogP contribution is -2.31. The molecule has 0 aliphatic carbocycles. The summed E-state index contributed by atoms with van der Waals surface area (Å²) >= 11 is 5.81. The van der Waals surface area contributed by atoms with Crippen LogP contribution < -0.4 is 0 Å². The summed E-state index contributed by atoms with van der Waals surface area (Å²) in [4.78, 5) is 60.0. The summed E-state index contributed by atoms with van der Waals surface area (Å²) in [7, 11) is 0. The number of nitro benzene ring substituents is 1. The van der Waals surface area contributed by atoms with E-state index >= 15 is 0 Å². The Morgan fingerprint density at radius 1 is 0.828 bits per heavy atom. The van der Waals surface area contributed by atoms with E-state index in [9.17, 15) is 29.3 Å². The molecule has 0 bridgehead atoms. The average molecular weight is 416 g/mol. The summed E-state index contributed by atoms with van der Waals surface area (Å²) in [6.45, 7) is 2.43. The van der Waals surface area contributed by atoms with Gasteiger partial charge in [0.15, 0.2) is 11.6 Å². The normalized spacial score (nSPS) is 12.7. The first-order valence-corrected chi connectivity index (χ1v) is 9.09. The molecular weight excluding hydrogens is 398 g/mol. The summed E-state index contributed by atoms with van der Waals surface area (Å²) < 4.78 is 0. The van der Waals surface area contributed by atoms with E-state index in [1.54, 1.807) is 0 Å². The second-order valence-electron chi connectivity index (χ2n) is 6.60. The summed E-state index contributed by atoms with van der Waals surface area (Å²) in [6, 6.07) is 10.8. The number of benzene rings is 2. The SMILES string of the molecule is CC(=O)C(CC(C(C)=O)C(=O)c1ccc([N+](=O)[O-])cc1)C(=O)c1ccc(Cl)cc1. The predicted molar refractivity (Wildman–Crippen MR) is 106 cm³/mol. The topological polar surface area (TPSA) is 111 Å². The van der Waals surface area contributed by atoms with Crippen molar-refractivity contribution in [2.75, 3.05) is 0 Å². The van der Waals surface area contributed by atoms with Crippen molar-refractivity contribution in [1.82, 2.24) is 0 Å². The number of ketones is 4. The molecular formula is C21H18ClNO6. The molecule has 0 fully saturated rings. The Morgan fingerprint density at radius 3 is 1.55 bits per heavy atom. The zero-order valence-corrected chi connectivity index (χ0v) is 16.5. The summed E-state index contributed by atoms with van der Waals surface area (Å²) in [5.41, 5.74) is 0.150. The Morgan fingerprint density at radius 2 is 1.21 bits per heavy atom.